The van der Waals surface area contributed by atoms with Crippen LogP contribution in [0.5, 0.6) is 0 Å². The normalized spacial score (nSPS) is 16.3. The predicted molar refractivity (Wildman–Crippen MR) is 39.2 cm³/mol. The van der Waals surface area contributed by atoms with E-state index in [2.05, 4.69) is 10.1 Å². The molecule has 5 nitrogen and oxygen atoms in total. The van der Waals surface area contributed by atoms with Gasteiger partial charge in [0.25, 0.3) is 0 Å². The Kier molecular flexibility index (Phi) is 2.09. The molecule has 0 saturated heterocycles. The average molecular weight is 157 g/mol. The van der Waals surface area contributed by atoms with E-state index in [0.29, 0.717) is 0 Å². The van der Waals surface area contributed by atoms with Crippen molar-refractivity contribution in [3.05, 3.63) is 16.8 Å². The summed E-state index contributed by atoms with van der Waals surface area (Å²) in [5.41, 5.74) is -0.293. The van der Waals surface area contributed by atoms with Crippen LogP contribution in [-0.2, 0) is 0 Å². The number of H-pyrrole nitrogens is 1. The van der Waals surface area contributed by atoms with Crippen molar-refractivity contribution in [1.82, 2.24) is 14.8 Å². The molecule has 0 fully saturated rings. The Labute approximate surface area is 63.7 Å². The lowest BCUT2D eigenvalue weighted by molar-refractivity contribution is 0.130. The van der Waals surface area contributed by atoms with Crippen LogP contribution >= 0.6 is 0 Å². The first-order valence-electron chi connectivity index (χ1n) is 3.43. The van der Waals surface area contributed by atoms with Gasteiger partial charge < -0.3 is 5.11 Å². The van der Waals surface area contributed by atoms with Crippen molar-refractivity contribution in [3.63, 3.8) is 0 Å². The molecule has 1 rings (SSSR count). The van der Waals surface area contributed by atoms with Crippen LogP contribution < -0.4 is 5.69 Å². The van der Waals surface area contributed by atoms with Crippen molar-refractivity contribution in [2.45, 2.75) is 26.0 Å². The highest BCUT2D eigenvalue weighted by molar-refractivity contribution is 4.69. The van der Waals surface area contributed by atoms with E-state index >= 15 is 0 Å². The summed E-state index contributed by atoms with van der Waals surface area (Å²) in [6.07, 6.45) is 0.734. The van der Waals surface area contributed by atoms with Crippen LogP contribution in [0.3, 0.4) is 0 Å². The van der Waals surface area contributed by atoms with Crippen LogP contribution in [0, 0.1) is 0 Å². The zero-order chi connectivity index (χ0) is 8.43. The molecule has 62 valence electrons. The molecule has 1 aromatic rings. The summed E-state index contributed by atoms with van der Waals surface area (Å²) in [5, 5.41) is 12.8. The second kappa shape index (κ2) is 2.87. The van der Waals surface area contributed by atoms with Gasteiger partial charge in [-0.05, 0) is 13.8 Å². The molecule has 0 spiro atoms. The highest BCUT2D eigenvalue weighted by atomic mass is 16.3. The first-order chi connectivity index (χ1) is 5.13. The van der Waals surface area contributed by atoms with Gasteiger partial charge in [0.15, 0.2) is 0 Å². The Bertz CT molecular complexity index is 275. The summed E-state index contributed by atoms with van der Waals surface area (Å²) in [5.74, 6) is 0. The average Bonchev–Trinajstić information content (AvgIpc) is 2.33. The zero-order valence-corrected chi connectivity index (χ0v) is 6.48. The maximum absolute atomic E-state index is 10.9. The Morgan fingerprint density at radius 3 is 2.73 bits per heavy atom. The molecule has 0 aliphatic carbocycles. The third-order valence-electron chi connectivity index (χ3n) is 1.66. The van der Waals surface area contributed by atoms with Crippen molar-refractivity contribution in [2.24, 2.45) is 0 Å². The molecule has 0 aliphatic heterocycles. The summed E-state index contributed by atoms with van der Waals surface area (Å²) in [6, 6.07) is -0.284. The van der Waals surface area contributed by atoms with E-state index < -0.39 is 6.10 Å². The lowest BCUT2D eigenvalue weighted by Crippen LogP contribution is -2.28. The van der Waals surface area contributed by atoms with Crippen LogP contribution in [0.4, 0.5) is 0 Å². The van der Waals surface area contributed by atoms with Crippen molar-refractivity contribution in [2.75, 3.05) is 0 Å². The molecule has 0 bridgehead atoms. The van der Waals surface area contributed by atoms with E-state index in [-0.39, 0.29) is 11.7 Å². The van der Waals surface area contributed by atoms with Crippen molar-refractivity contribution in [1.29, 1.82) is 0 Å². The molecule has 2 N–H and O–H groups in total. The summed E-state index contributed by atoms with van der Waals surface area (Å²) in [6.45, 7) is 3.35. The fraction of sp³-hybridized carbons (Fsp3) is 0.667. The second-order valence-corrected chi connectivity index (χ2v) is 2.52. The number of nitrogens with one attached hydrogen (secondary N) is 1. The first kappa shape index (κ1) is 8.00. The first-order valence-corrected chi connectivity index (χ1v) is 3.43. The maximum atomic E-state index is 10.9. The minimum Gasteiger partial charge on any atom is -0.391 e. The molecule has 0 radical (unpaired) electrons. The van der Waals surface area contributed by atoms with Crippen molar-refractivity contribution < 1.29 is 5.11 Å². The molecule has 11 heavy (non-hydrogen) atoms. The van der Waals surface area contributed by atoms with Gasteiger partial charge in [-0.25, -0.2) is 9.48 Å². The standard InChI is InChI=1S/C6H11N3O2/c1-4(5(2)10)9-6(11)7-3-8-9/h3-5,10H,1-2H3,(H,7,8,11)/t4-,5+/m1/s1. The Morgan fingerprint density at radius 2 is 2.36 bits per heavy atom. The molecular formula is C6H11N3O2. The summed E-state index contributed by atoms with van der Waals surface area (Å²) in [4.78, 5) is 13.3. The van der Waals surface area contributed by atoms with Crippen LogP contribution in [-0.4, -0.2) is 26.0 Å². The molecule has 5 heteroatoms. The van der Waals surface area contributed by atoms with Gasteiger partial charge in [0.05, 0.1) is 12.1 Å². The van der Waals surface area contributed by atoms with Gasteiger partial charge in [-0.1, -0.05) is 0 Å². The minimum atomic E-state index is -0.573. The third-order valence-corrected chi connectivity index (χ3v) is 1.66. The van der Waals surface area contributed by atoms with E-state index in [1.54, 1.807) is 13.8 Å². The van der Waals surface area contributed by atoms with E-state index in [1.165, 1.54) is 11.0 Å². The van der Waals surface area contributed by atoms with Gasteiger partial charge in [-0.15, -0.1) is 0 Å². The fourth-order valence-electron chi connectivity index (χ4n) is 0.759. The molecule has 2 atom stereocenters. The topological polar surface area (TPSA) is 70.9 Å². The highest BCUT2D eigenvalue weighted by Gasteiger charge is 2.13. The lowest BCUT2D eigenvalue weighted by atomic mass is 10.2. The number of hydrogen-bond donors (Lipinski definition) is 2. The molecule has 0 aromatic carbocycles. The molecule has 0 unspecified atom stereocenters. The van der Waals surface area contributed by atoms with Crippen LogP contribution in [0.2, 0.25) is 0 Å². The number of nitrogens with zero attached hydrogens (tertiary/aromatic N) is 2. The summed E-state index contributed by atoms with van der Waals surface area (Å²) >= 11 is 0. The van der Waals surface area contributed by atoms with Crippen molar-refractivity contribution >= 4 is 0 Å². The Balaban J connectivity index is 2.93. The van der Waals surface area contributed by atoms with Gasteiger partial charge in [-0.2, -0.15) is 5.10 Å². The van der Waals surface area contributed by atoms with Crippen molar-refractivity contribution in [3.8, 4) is 0 Å². The van der Waals surface area contributed by atoms with Gasteiger partial charge in [-0.3, -0.25) is 4.98 Å². The van der Waals surface area contributed by atoms with Gasteiger partial charge in [0.2, 0.25) is 0 Å². The Morgan fingerprint density at radius 1 is 1.73 bits per heavy atom. The maximum Gasteiger partial charge on any atom is 0.343 e. The zero-order valence-electron chi connectivity index (χ0n) is 6.48. The van der Waals surface area contributed by atoms with Gasteiger partial charge in [0, 0.05) is 0 Å². The molecule has 0 aliphatic rings. The number of aromatic nitrogens is 3. The lowest BCUT2D eigenvalue weighted by Gasteiger charge is -2.12. The number of aromatic amines is 1. The number of hydrogen-bond acceptors (Lipinski definition) is 3. The summed E-state index contributed by atoms with van der Waals surface area (Å²) in [7, 11) is 0. The van der Waals surface area contributed by atoms with E-state index in [0.717, 1.165) is 0 Å². The van der Waals surface area contributed by atoms with Gasteiger partial charge >= 0.3 is 5.69 Å². The fourth-order valence-corrected chi connectivity index (χ4v) is 0.759. The minimum absolute atomic E-state index is 0.284. The quantitative estimate of drug-likeness (QED) is 0.608. The molecule has 0 saturated carbocycles. The Hall–Kier alpha value is -1.10. The molecule has 1 heterocycles. The van der Waals surface area contributed by atoms with Gasteiger partial charge in [0.1, 0.15) is 6.33 Å². The highest BCUT2D eigenvalue weighted by Crippen LogP contribution is 2.04. The predicted octanol–water partition coefficient (Wildman–Crippen LogP) is -0.487. The molecule has 0 amide bonds. The molecular weight excluding hydrogens is 146 g/mol. The number of aliphatic hydroxyl groups excluding tert-OH is 1. The van der Waals surface area contributed by atoms with E-state index in [9.17, 15) is 4.79 Å². The van der Waals surface area contributed by atoms with Crippen LogP contribution in [0.1, 0.15) is 19.9 Å². The summed E-state index contributed by atoms with van der Waals surface area (Å²) < 4.78 is 1.21. The van der Waals surface area contributed by atoms with Crippen LogP contribution in [0.15, 0.2) is 11.1 Å². The monoisotopic (exact) mass is 157 g/mol. The van der Waals surface area contributed by atoms with Crippen LogP contribution in [0.25, 0.3) is 0 Å². The third kappa shape index (κ3) is 1.48. The second-order valence-electron chi connectivity index (χ2n) is 2.52. The van der Waals surface area contributed by atoms with E-state index in [4.69, 9.17) is 5.11 Å². The largest absolute Gasteiger partial charge is 0.391 e. The smallest absolute Gasteiger partial charge is 0.343 e. The molecule has 1 aromatic heterocycles. The SMILES string of the molecule is C[C@H](O)[C@@H](C)n1nc[nH]c1=O. The number of rotatable bonds is 2. The van der Waals surface area contributed by atoms with E-state index in [1.807, 2.05) is 0 Å². The number of aliphatic hydroxyl groups is 1.